The van der Waals surface area contributed by atoms with Crippen LogP contribution in [0.15, 0.2) is 36.4 Å². The molecule has 0 radical (unpaired) electrons. The van der Waals surface area contributed by atoms with Gasteiger partial charge in [-0.3, -0.25) is 4.79 Å². The van der Waals surface area contributed by atoms with Crippen molar-refractivity contribution < 1.29 is 14.3 Å². The molecule has 0 saturated carbocycles. The molecule has 0 saturated heterocycles. The second-order valence-corrected chi connectivity index (χ2v) is 7.11. The molecule has 1 unspecified atom stereocenters. The summed E-state index contributed by atoms with van der Waals surface area (Å²) in [5.41, 5.74) is 1.40. The Bertz CT molecular complexity index is 743. The van der Waals surface area contributed by atoms with Crippen molar-refractivity contribution in [2.24, 2.45) is 0 Å². The second-order valence-electron chi connectivity index (χ2n) is 5.31. The number of halogens is 1. The SMILES string of the molecule is CCN(Cc1ccc(Cl)s1)C(=O)C1Cc2ccccc2C(=O)O1. The molecule has 1 aliphatic heterocycles. The number of carbonyl (C=O) groups is 2. The van der Waals surface area contributed by atoms with Crippen LogP contribution in [0.25, 0.3) is 0 Å². The summed E-state index contributed by atoms with van der Waals surface area (Å²) in [6, 6.07) is 11.0. The van der Waals surface area contributed by atoms with Gasteiger partial charge in [-0.05, 0) is 30.7 Å². The predicted octanol–water partition coefficient (Wildman–Crippen LogP) is 3.53. The van der Waals surface area contributed by atoms with Crippen molar-refractivity contribution in [3.63, 3.8) is 0 Å². The van der Waals surface area contributed by atoms with Gasteiger partial charge >= 0.3 is 5.97 Å². The summed E-state index contributed by atoms with van der Waals surface area (Å²) in [6.07, 6.45) is -0.338. The van der Waals surface area contributed by atoms with Crippen LogP contribution in [0.4, 0.5) is 0 Å². The summed E-state index contributed by atoms with van der Waals surface area (Å²) in [6.45, 7) is 2.93. The van der Waals surface area contributed by atoms with E-state index in [1.807, 2.05) is 31.2 Å². The van der Waals surface area contributed by atoms with E-state index in [0.717, 1.165) is 10.4 Å². The van der Waals surface area contributed by atoms with Gasteiger partial charge in [0.05, 0.1) is 16.4 Å². The highest BCUT2D eigenvalue weighted by Gasteiger charge is 2.33. The molecular weight excluding hydrogens is 334 g/mol. The number of rotatable bonds is 4. The average Bonchev–Trinajstić information content (AvgIpc) is 2.97. The number of nitrogens with zero attached hydrogens (tertiary/aromatic N) is 1. The molecule has 0 spiro atoms. The third kappa shape index (κ3) is 3.41. The minimum Gasteiger partial charge on any atom is -0.448 e. The van der Waals surface area contributed by atoms with Crippen molar-refractivity contribution in [1.29, 1.82) is 0 Å². The third-order valence-corrected chi connectivity index (χ3v) is 5.05. The highest BCUT2D eigenvalue weighted by atomic mass is 35.5. The van der Waals surface area contributed by atoms with Crippen molar-refractivity contribution in [2.45, 2.75) is 26.0 Å². The van der Waals surface area contributed by atoms with Crippen LogP contribution >= 0.6 is 22.9 Å². The van der Waals surface area contributed by atoms with E-state index in [1.54, 1.807) is 17.0 Å². The number of ether oxygens (including phenoxy) is 1. The first-order valence-corrected chi connectivity index (χ1v) is 8.59. The molecule has 0 fully saturated rings. The first-order chi connectivity index (χ1) is 11.1. The van der Waals surface area contributed by atoms with Crippen LogP contribution in [-0.4, -0.2) is 29.4 Å². The van der Waals surface area contributed by atoms with Crippen molar-refractivity contribution in [2.75, 3.05) is 6.54 Å². The molecule has 1 amide bonds. The largest absolute Gasteiger partial charge is 0.448 e. The zero-order valence-corrected chi connectivity index (χ0v) is 14.2. The van der Waals surface area contributed by atoms with Gasteiger partial charge in [0, 0.05) is 17.8 Å². The van der Waals surface area contributed by atoms with Gasteiger partial charge in [-0.2, -0.15) is 0 Å². The quantitative estimate of drug-likeness (QED) is 0.793. The Kier molecular flexibility index (Phi) is 4.68. The highest BCUT2D eigenvalue weighted by Crippen LogP contribution is 2.25. The molecule has 120 valence electrons. The van der Waals surface area contributed by atoms with Crippen LogP contribution in [0.5, 0.6) is 0 Å². The Morgan fingerprint density at radius 3 is 2.83 bits per heavy atom. The monoisotopic (exact) mass is 349 g/mol. The van der Waals surface area contributed by atoms with E-state index in [0.29, 0.717) is 29.4 Å². The number of esters is 1. The van der Waals surface area contributed by atoms with Crippen molar-refractivity contribution in [3.8, 4) is 0 Å². The second kappa shape index (κ2) is 6.72. The molecule has 3 rings (SSSR count). The van der Waals surface area contributed by atoms with Crippen LogP contribution in [-0.2, 0) is 22.5 Å². The number of fused-ring (bicyclic) bond motifs is 1. The van der Waals surface area contributed by atoms with Crippen molar-refractivity contribution >= 4 is 34.8 Å². The summed E-state index contributed by atoms with van der Waals surface area (Å²) in [4.78, 5) is 27.5. The zero-order valence-electron chi connectivity index (χ0n) is 12.6. The molecule has 0 aliphatic carbocycles. The summed E-state index contributed by atoms with van der Waals surface area (Å²) < 4.78 is 6.04. The van der Waals surface area contributed by atoms with E-state index in [9.17, 15) is 9.59 Å². The Hall–Kier alpha value is -1.85. The first kappa shape index (κ1) is 16.0. The molecule has 1 aromatic carbocycles. The average molecular weight is 350 g/mol. The van der Waals surface area contributed by atoms with Crippen LogP contribution < -0.4 is 0 Å². The number of likely N-dealkylation sites (N-methyl/N-ethyl adjacent to an activating group) is 1. The molecule has 6 heteroatoms. The van der Waals surface area contributed by atoms with Gasteiger partial charge in [0.2, 0.25) is 0 Å². The zero-order chi connectivity index (χ0) is 16.4. The minimum atomic E-state index is -0.757. The molecule has 2 heterocycles. The van der Waals surface area contributed by atoms with Crippen LogP contribution in [0, 0.1) is 0 Å². The fourth-order valence-corrected chi connectivity index (χ4v) is 3.75. The van der Waals surface area contributed by atoms with Gasteiger partial charge in [0.1, 0.15) is 0 Å². The fourth-order valence-electron chi connectivity index (χ4n) is 2.64. The van der Waals surface area contributed by atoms with Gasteiger partial charge in [-0.25, -0.2) is 4.79 Å². The lowest BCUT2D eigenvalue weighted by molar-refractivity contribution is -0.141. The number of hydrogen-bond acceptors (Lipinski definition) is 4. The normalized spacial score (nSPS) is 16.6. The first-order valence-electron chi connectivity index (χ1n) is 7.40. The number of benzene rings is 1. The number of hydrogen-bond donors (Lipinski definition) is 0. The molecule has 1 aliphatic rings. The van der Waals surface area contributed by atoms with Gasteiger partial charge in [-0.1, -0.05) is 29.8 Å². The smallest absolute Gasteiger partial charge is 0.339 e. The summed E-state index contributed by atoms with van der Waals surface area (Å²) in [7, 11) is 0. The number of cyclic esters (lactones) is 1. The number of thiophene rings is 1. The van der Waals surface area contributed by atoms with E-state index in [2.05, 4.69) is 0 Å². The Labute approximate surface area is 143 Å². The fraction of sp³-hybridized carbons (Fsp3) is 0.294. The standard InChI is InChI=1S/C17H16ClNO3S/c1-2-19(10-12-7-8-15(18)23-12)16(20)14-9-11-5-3-4-6-13(11)17(21)22-14/h3-8,14H,2,9-10H2,1H3. The summed E-state index contributed by atoms with van der Waals surface area (Å²) >= 11 is 7.38. The third-order valence-electron chi connectivity index (χ3n) is 3.84. The van der Waals surface area contributed by atoms with E-state index in [1.165, 1.54) is 11.3 Å². The topological polar surface area (TPSA) is 46.6 Å². The molecule has 0 bridgehead atoms. The van der Waals surface area contributed by atoms with Crippen molar-refractivity contribution in [3.05, 3.63) is 56.7 Å². The van der Waals surface area contributed by atoms with E-state index in [4.69, 9.17) is 16.3 Å². The van der Waals surface area contributed by atoms with Crippen LogP contribution in [0.1, 0.15) is 27.7 Å². The highest BCUT2D eigenvalue weighted by molar-refractivity contribution is 7.16. The lowest BCUT2D eigenvalue weighted by Crippen LogP contribution is -2.44. The molecule has 1 aromatic heterocycles. The maximum absolute atomic E-state index is 12.7. The van der Waals surface area contributed by atoms with E-state index < -0.39 is 12.1 Å². The van der Waals surface area contributed by atoms with Crippen molar-refractivity contribution in [1.82, 2.24) is 4.90 Å². The van der Waals surface area contributed by atoms with Gasteiger partial charge in [-0.15, -0.1) is 11.3 Å². The van der Waals surface area contributed by atoms with Crippen LogP contribution in [0.3, 0.4) is 0 Å². The minimum absolute atomic E-state index is 0.167. The van der Waals surface area contributed by atoms with Gasteiger partial charge < -0.3 is 9.64 Å². The Morgan fingerprint density at radius 1 is 1.35 bits per heavy atom. The maximum Gasteiger partial charge on any atom is 0.339 e. The van der Waals surface area contributed by atoms with Gasteiger partial charge in [0.15, 0.2) is 6.10 Å². The van der Waals surface area contributed by atoms with Gasteiger partial charge in [0.25, 0.3) is 5.91 Å². The van der Waals surface area contributed by atoms with E-state index >= 15 is 0 Å². The lowest BCUT2D eigenvalue weighted by Gasteiger charge is -2.29. The Balaban J connectivity index is 1.75. The molecular formula is C17H16ClNO3S. The maximum atomic E-state index is 12.7. The molecule has 0 N–H and O–H groups in total. The molecule has 4 nitrogen and oxygen atoms in total. The number of amides is 1. The molecule has 2 aromatic rings. The Morgan fingerprint density at radius 2 is 2.13 bits per heavy atom. The number of carbonyl (C=O) groups excluding carboxylic acids is 2. The van der Waals surface area contributed by atoms with E-state index in [-0.39, 0.29) is 5.91 Å². The lowest BCUT2D eigenvalue weighted by atomic mass is 9.98. The summed E-state index contributed by atoms with van der Waals surface area (Å²) in [5, 5.41) is 0. The predicted molar refractivity (Wildman–Crippen MR) is 89.8 cm³/mol. The molecule has 1 atom stereocenters. The summed E-state index contributed by atoms with van der Waals surface area (Å²) in [5.74, 6) is -0.597. The van der Waals surface area contributed by atoms with Crippen LogP contribution in [0.2, 0.25) is 4.34 Å². The molecule has 23 heavy (non-hydrogen) atoms.